The van der Waals surface area contributed by atoms with Gasteiger partial charge in [0.2, 0.25) is 0 Å². The molecule has 0 aromatic rings. The topological polar surface area (TPSA) is 15.3 Å². The number of nitrogens with zero attached hydrogens (tertiary/aromatic N) is 1. The lowest BCUT2D eigenvalue weighted by Crippen LogP contribution is -2.30. The summed E-state index contributed by atoms with van der Waals surface area (Å²) in [6, 6.07) is 0.630. The van der Waals surface area contributed by atoms with Crippen LogP contribution in [-0.2, 0) is 0 Å². The highest BCUT2D eigenvalue weighted by atomic mass is 15.1. The van der Waals surface area contributed by atoms with Gasteiger partial charge in [0.15, 0.2) is 0 Å². The van der Waals surface area contributed by atoms with Crippen LogP contribution in [0.1, 0.15) is 40.0 Å². The molecule has 2 heteroatoms. The van der Waals surface area contributed by atoms with Crippen molar-refractivity contribution in [1.29, 1.82) is 0 Å². The molecule has 2 nitrogen and oxygen atoms in total. The van der Waals surface area contributed by atoms with E-state index in [2.05, 4.69) is 37.1 Å². The van der Waals surface area contributed by atoms with Crippen LogP contribution in [0.3, 0.4) is 0 Å². The van der Waals surface area contributed by atoms with Gasteiger partial charge in [0, 0.05) is 19.1 Å². The predicted molar refractivity (Wildman–Crippen MR) is 67.2 cm³/mol. The Balaban J connectivity index is 1.97. The first kappa shape index (κ1) is 12.7. The van der Waals surface area contributed by atoms with E-state index in [9.17, 15) is 0 Å². The molecule has 1 rings (SSSR count). The van der Waals surface area contributed by atoms with Gasteiger partial charge in [-0.15, -0.1) is 0 Å². The Bertz CT molecular complexity index is 197. The van der Waals surface area contributed by atoms with Gasteiger partial charge >= 0.3 is 0 Å². The summed E-state index contributed by atoms with van der Waals surface area (Å²) in [5.41, 5.74) is 1.56. The summed E-state index contributed by atoms with van der Waals surface area (Å²) >= 11 is 0. The minimum absolute atomic E-state index is 0.630. The Morgan fingerprint density at radius 3 is 2.80 bits per heavy atom. The Kier molecular flexibility index (Phi) is 5.96. The van der Waals surface area contributed by atoms with Crippen molar-refractivity contribution in [2.24, 2.45) is 0 Å². The number of hydrogen-bond acceptors (Lipinski definition) is 2. The first-order valence-electron chi connectivity index (χ1n) is 6.30. The summed E-state index contributed by atoms with van der Waals surface area (Å²) in [6.07, 6.45) is 6.27. The van der Waals surface area contributed by atoms with Gasteiger partial charge in [-0.25, -0.2) is 0 Å². The lowest BCUT2D eigenvalue weighted by atomic mass is 10.1. The van der Waals surface area contributed by atoms with Crippen molar-refractivity contribution in [1.82, 2.24) is 10.2 Å². The summed E-state index contributed by atoms with van der Waals surface area (Å²) in [6.45, 7) is 11.5. The number of unbranched alkanes of at least 4 members (excludes halogenated alkanes) is 1. The predicted octanol–water partition coefficient (Wildman–Crippen LogP) is 2.42. The summed E-state index contributed by atoms with van der Waals surface area (Å²) < 4.78 is 0. The first-order chi connectivity index (χ1) is 7.18. The zero-order chi connectivity index (χ0) is 11.1. The SMILES string of the molecule is CC1=CCN(CCCCNC(C)C)CC1. The number of hydrogen-bond donors (Lipinski definition) is 1. The van der Waals surface area contributed by atoms with Crippen LogP contribution in [0.4, 0.5) is 0 Å². The Labute approximate surface area is 94.7 Å². The number of rotatable bonds is 6. The maximum absolute atomic E-state index is 3.46. The molecule has 1 aliphatic rings. The summed E-state index contributed by atoms with van der Waals surface area (Å²) in [7, 11) is 0. The molecule has 0 radical (unpaired) electrons. The lowest BCUT2D eigenvalue weighted by Gasteiger charge is -2.25. The highest BCUT2D eigenvalue weighted by molar-refractivity contribution is 5.03. The molecule has 0 unspecified atom stereocenters. The smallest absolute Gasteiger partial charge is 0.0165 e. The van der Waals surface area contributed by atoms with Gasteiger partial charge in [-0.2, -0.15) is 0 Å². The molecular formula is C13H26N2. The van der Waals surface area contributed by atoms with E-state index in [-0.39, 0.29) is 0 Å². The van der Waals surface area contributed by atoms with Crippen molar-refractivity contribution < 1.29 is 0 Å². The van der Waals surface area contributed by atoms with Gasteiger partial charge < -0.3 is 5.32 Å². The molecule has 0 saturated heterocycles. The monoisotopic (exact) mass is 210 g/mol. The molecular weight excluding hydrogens is 184 g/mol. The van der Waals surface area contributed by atoms with Crippen LogP contribution >= 0.6 is 0 Å². The van der Waals surface area contributed by atoms with Crippen molar-refractivity contribution in [2.75, 3.05) is 26.2 Å². The Morgan fingerprint density at radius 2 is 2.20 bits per heavy atom. The second-order valence-electron chi connectivity index (χ2n) is 4.92. The van der Waals surface area contributed by atoms with E-state index in [1.54, 1.807) is 5.57 Å². The second kappa shape index (κ2) is 7.02. The highest BCUT2D eigenvalue weighted by Gasteiger charge is 2.07. The minimum atomic E-state index is 0.630. The largest absolute Gasteiger partial charge is 0.315 e. The van der Waals surface area contributed by atoms with E-state index < -0.39 is 0 Å². The normalized spacial score (nSPS) is 18.3. The molecule has 0 bridgehead atoms. The van der Waals surface area contributed by atoms with E-state index in [0.29, 0.717) is 6.04 Å². The molecule has 0 spiro atoms. The van der Waals surface area contributed by atoms with E-state index in [1.807, 2.05) is 0 Å². The third-order valence-corrected chi connectivity index (χ3v) is 2.97. The summed E-state index contributed by atoms with van der Waals surface area (Å²) in [4.78, 5) is 2.56. The quantitative estimate of drug-likeness (QED) is 0.535. The van der Waals surface area contributed by atoms with Crippen molar-refractivity contribution in [2.45, 2.75) is 46.1 Å². The van der Waals surface area contributed by atoms with Crippen LogP contribution in [0.2, 0.25) is 0 Å². The molecule has 0 fully saturated rings. The third kappa shape index (κ3) is 5.95. The number of nitrogens with one attached hydrogen (secondary N) is 1. The maximum atomic E-state index is 3.46. The maximum Gasteiger partial charge on any atom is 0.0165 e. The van der Waals surface area contributed by atoms with Crippen LogP contribution in [0.5, 0.6) is 0 Å². The molecule has 1 N–H and O–H groups in total. The molecule has 1 heterocycles. The van der Waals surface area contributed by atoms with E-state index in [1.165, 1.54) is 45.4 Å². The fourth-order valence-corrected chi connectivity index (χ4v) is 1.87. The molecule has 0 aliphatic carbocycles. The first-order valence-corrected chi connectivity index (χ1v) is 6.30. The average Bonchev–Trinajstić information content (AvgIpc) is 2.20. The zero-order valence-corrected chi connectivity index (χ0v) is 10.6. The van der Waals surface area contributed by atoms with Crippen LogP contribution in [-0.4, -0.2) is 37.1 Å². The average molecular weight is 210 g/mol. The van der Waals surface area contributed by atoms with Gasteiger partial charge in [0.1, 0.15) is 0 Å². The second-order valence-corrected chi connectivity index (χ2v) is 4.92. The Hall–Kier alpha value is -0.340. The molecule has 0 aromatic heterocycles. The van der Waals surface area contributed by atoms with Crippen LogP contribution in [0, 0.1) is 0 Å². The van der Waals surface area contributed by atoms with Crippen molar-refractivity contribution in [3.8, 4) is 0 Å². The molecule has 0 atom stereocenters. The summed E-state index contributed by atoms with van der Waals surface area (Å²) in [5, 5.41) is 3.46. The third-order valence-electron chi connectivity index (χ3n) is 2.97. The Morgan fingerprint density at radius 1 is 1.40 bits per heavy atom. The standard InChI is InChI=1S/C13H26N2/c1-12(2)14-8-4-5-9-15-10-6-13(3)7-11-15/h6,12,14H,4-5,7-11H2,1-3H3. The highest BCUT2D eigenvalue weighted by Crippen LogP contribution is 2.09. The van der Waals surface area contributed by atoms with Crippen LogP contribution in [0.15, 0.2) is 11.6 Å². The van der Waals surface area contributed by atoms with Gasteiger partial charge in [-0.1, -0.05) is 25.5 Å². The fourth-order valence-electron chi connectivity index (χ4n) is 1.87. The fraction of sp³-hybridized carbons (Fsp3) is 0.846. The van der Waals surface area contributed by atoms with Gasteiger partial charge in [-0.3, -0.25) is 4.90 Å². The van der Waals surface area contributed by atoms with E-state index >= 15 is 0 Å². The zero-order valence-electron chi connectivity index (χ0n) is 10.6. The minimum Gasteiger partial charge on any atom is -0.315 e. The molecule has 88 valence electrons. The van der Waals surface area contributed by atoms with Crippen LogP contribution in [0.25, 0.3) is 0 Å². The van der Waals surface area contributed by atoms with Crippen LogP contribution < -0.4 is 5.32 Å². The lowest BCUT2D eigenvalue weighted by molar-refractivity contribution is 0.286. The molecule has 0 amide bonds. The van der Waals surface area contributed by atoms with E-state index in [4.69, 9.17) is 0 Å². The molecule has 1 aliphatic heterocycles. The molecule has 0 aromatic carbocycles. The molecule has 0 saturated carbocycles. The van der Waals surface area contributed by atoms with E-state index in [0.717, 1.165) is 0 Å². The van der Waals surface area contributed by atoms with Gasteiger partial charge in [0.25, 0.3) is 0 Å². The molecule has 15 heavy (non-hydrogen) atoms. The van der Waals surface area contributed by atoms with Crippen molar-refractivity contribution in [3.63, 3.8) is 0 Å². The van der Waals surface area contributed by atoms with Crippen molar-refractivity contribution in [3.05, 3.63) is 11.6 Å². The van der Waals surface area contributed by atoms with Gasteiger partial charge in [-0.05, 0) is 39.3 Å². The summed E-state index contributed by atoms with van der Waals surface area (Å²) in [5.74, 6) is 0. The van der Waals surface area contributed by atoms with Gasteiger partial charge in [0.05, 0.1) is 0 Å². The van der Waals surface area contributed by atoms with Crippen molar-refractivity contribution >= 4 is 0 Å².